The molecule has 0 atom stereocenters. The highest BCUT2D eigenvalue weighted by Crippen LogP contribution is 2.09. The van der Waals surface area contributed by atoms with E-state index in [1.165, 1.54) is 0 Å². The van der Waals surface area contributed by atoms with E-state index in [4.69, 9.17) is 5.11 Å². The zero-order chi connectivity index (χ0) is 8.55. The molecule has 0 aliphatic carbocycles. The average Bonchev–Trinajstić information content (AvgIpc) is 2.46. The second kappa shape index (κ2) is 4.35. The predicted octanol–water partition coefficient (Wildman–Crippen LogP) is -0.388. The molecule has 1 heterocycles. The standard InChI is InChI=1S/C8H6N2O2.2H2O/c11-8(12)7-9-5-3-1-2-4-6(5)10-7;;/h1-4H,(H,9,10)(H,11,12);2*1H2. The zero-order valence-corrected chi connectivity index (χ0v) is 7.11. The minimum atomic E-state index is -1.04. The number of carboxylic acids is 1. The molecule has 0 aliphatic rings. The van der Waals surface area contributed by atoms with Gasteiger partial charge < -0.3 is 21.0 Å². The minimum absolute atomic E-state index is 0. The van der Waals surface area contributed by atoms with Crippen LogP contribution in [-0.2, 0) is 0 Å². The lowest BCUT2D eigenvalue weighted by atomic mass is 10.3. The Hall–Kier alpha value is -1.92. The third-order valence-electron chi connectivity index (χ3n) is 1.59. The molecule has 0 spiro atoms. The number of nitrogens with zero attached hydrogens (tertiary/aromatic N) is 1. The maximum absolute atomic E-state index is 10.5. The second-order valence-electron chi connectivity index (χ2n) is 2.41. The number of benzene rings is 1. The van der Waals surface area contributed by atoms with Crippen LogP contribution in [0.25, 0.3) is 11.0 Å². The van der Waals surface area contributed by atoms with Gasteiger partial charge in [0, 0.05) is 0 Å². The first-order chi connectivity index (χ1) is 5.77. The third-order valence-corrected chi connectivity index (χ3v) is 1.59. The molecule has 0 saturated heterocycles. The van der Waals surface area contributed by atoms with E-state index < -0.39 is 5.97 Å². The monoisotopic (exact) mass is 198 g/mol. The first kappa shape index (κ1) is 12.1. The summed E-state index contributed by atoms with van der Waals surface area (Å²) >= 11 is 0. The molecule has 6 N–H and O–H groups in total. The zero-order valence-electron chi connectivity index (χ0n) is 7.11. The number of carbonyl (C=O) groups is 1. The quantitative estimate of drug-likeness (QED) is 0.647. The van der Waals surface area contributed by atoms with Crippen molar-refractivity contribution in [1.29, 1.82) is 0 Å². The van der Waals surface area contributed by atoms with Crippen molar-refractivity contribution < 1.29 is 20.9 Å². The molecule has 0 radical (unpaired) electrons. The molecular formula is C8H10N2O4. The van der Waals surface area contributed by atoms with Gasteiger partial charge in [0.05, 0.1) is 11.0 Å². The van der Waals surface area contributed by atoms with Gasteiger partial charge in [-0.3, -0.25) is 0 Å². The Morgan fingerprint density at radius 3 is 2.50 bits per heavy atom. The van der Waals surface area contributed by atoms with Crippen LogP contribution in [0.15, 0.2) is 24.3 Å². The maximum atomic E-state index is 10.5. The summed E-state index contributed by atoms with van der Waals surface area (Å²) in [6.45, 7) is 0. The minimum Gasteiger partial charge on any atom is -0.475 e. The van der Waals surface area contributed by atoms with E-state index in [0.29, 0.717) is 5.52 Å². The number of hydrogen-bond donors (Lipinski definition) is 2. The second-order valence-corrected chi connectivity index (χ2v) is 2.41. The number of hydrogen-bond acceptors (Lipinski definition) is 2. The lowest BCUT2D eigenvalue weighted by Crippen LogP contribution is -1.97. The van der Waals surface area contributed by atoms with Gasteiger partial charge in [-0.15, -0.1) is 0 Å². The SMILES string of the molecule is O.O.O=C(O)c1nc2ccccc2[nH]1. The normalized spacial score (nSPS) is 8.86. The van der Waals surface area contributed by atoms with Crippen LogP contribution in [0.3, 0.4) is 0 Å². The van der Waals surface area contributed by atoms with Gasteiger partial charge in [0.25, 0.3) is 0 Å². The van der Waals surface area contributed by atoms with Gasteiger partial charge in [0.2, 0.25) is 5.82 Å². The summed E-state index contributed by atoms with van der Waals surface area (Å²) < 4.78 is 0. The smallest absolute Gasteiger partial charge is 0.371 e. The van der Waals surface area contributed by atoms with E-state index in [9.17, 15) is 4.79 Å². The maximum Gasteiger partial charge on any atom is 0.371 e. The third kappa shape index (κ3) is 1.87. The number of fused-ring (bicyclic) bond motifs is 1. The number of rotatable bonds is 1. The van der Waals surface area contributed by atoms with Crippen molar-refractivity contribution in [2.75, 3.05) is 0 Å². The fourth-order valence-corrected chi connectivity index (χ4v) is 1.05. The van der Waals surface area contributed by atoms with Crippen molar-refractivity contribution in [3.8, 4) is 0 Å². The summed E-state index contributed by atoms with van der Waals surface area (Å²) in [6, 6.07) is 7.19. The number of para-hydroxylation sites is 2. The van der Waals surface area contributed by atoms with Crippen molar-refractivity contribution in [2.45, 2.75) is 0 Å². The van der Waals surface area contributed by atoms with Crippen LogP contribution in [0.4, 0.5) is 0 Å². The van der Waals surface area contributed by atoms with Gasteiger partial charge >= 0.3 is 5.97 Å². The molecule has 0 unspecified atom stereocenters. The van der Waals surface area contributed by atoms with E-state index in [1.54, 1.807) is 12.1 Å². The van der Waals surface area contributed by atoms with Crippen LogP contribution in [0.2, 0.25) is 0 Å². The van der Waals surface area contributed by atoms with Gasteiger partial charge in [-0.2, -0.15) is 0 Å². The molecule has 0 bridgehead atoms. The Kier molecular flexibility index (Phi) is 3.76. The van der Waals surface area contributed by atoms with Gasteiger partial charge in [0.15, 0.2) is 0 Å². The topological polar surface area (TPSA) is 129 Å². The highest BCUT2D eigenvalue weighted by molar-refractivity contribution is 5.88. The Labute approximate surface area is 78.8 Å². The van der Waals surface area contributed by atoms with Crippen molar-refractivity contribution in [3.05, 3.63) is 30.1 Å². The molecular weight excluding hydrogens is 188 g/mol. The molecule has 0 amide bonds. The van der Waals surface area contributed by atoms with Crippen molar-refractivity contribution in [2.24, 2.45) is 0 Å². The highest BCUT2D eigenvalue weighted by Gasteiger charge is 2.07. The number of aromatic amines is 1. The number of imidazole rings is 1. The van der Waals surface area contributed by atoms with E-state index >= 15 is 0 Å². The molecule has 2 rings (SSSR count). The Balaban J connectivity index is 0.000000845. The molecule has 1 aromatic heterocycles. The Morgan fingerprint density at radius 1 is 1.29 bits per heavy atom. The van der Waals surface area contributed by atoms with Gasteiger partial charge in [0.1, 0.15) is 0 Å². The summed E-state index contributed by atoms with van der Waals surface area (Å²) in [5.74, 6) is -1.05. The van der Waals surface area contributed by atoms with E-state index in [2.05, 4.69) is 9.97 Å². The largest absolute Gasteiger partial charge is 0.475 e. The molecule has 6 nitrogen and oxygen atoms in total. The van der Waals surface area contributed by atoms with Crippen LogP contribution in [0.5, 0.6) is 0 Å². The molecule has 1 aromatic carbocycles. The molecule has 6 heteroatoms. The number of carboxylic acid groups (broad SMARTS) is 1. The van der Waals surface area contributed by atoms with Crippen molar-refractivity contribution >= 4 is 17.0 Å². The van der Waals surface area contributed by atoms with Crippen molar-refractivity contribution in [1.82, 2.24) is 9.97 Å². The van der Waals surface area contributed by atoms with Gasteiger partial charge in [-0.05, 0) is 12.1 Å². The summed E-state index contributed by atoms with van der Waals surface area (Å²) in [6.07, 6.45) is 0. The van der Waals surface area contributed by atoms with Crippen molar-refractivity contribution in [3.63, 3.8) is 0 Å². The molecule has 0 fully saturated rings. The lowest BCUT2D eigenvalue weighted by molar-refractivity contribution is 0.0685. The summed E-state index contributed by atoms with van der Waals surface area (Å²) in [5, 5.41) is 8.59. The van der Waals surface area contributed by atoms with Gasteiger partial charge in [-0.1, -0.05) is 12.1 Å². The van der Waals surface area contributed by atoms with Crippen LogP contribution in [0, 0.1) is 0 Å². The first-order valence-electron chi connectivity index (χ1n) is 3.45. The first-order valence-corrected chi connectivity index (χ1v) is 3.45. The summed E-state index contributed by atoms with van der Waals surface area (Å²) in [7, 11) is 0. The Morgan fingerprint density at radius 2 is 1.93 bits per heavy atom. The van der Waals surface area contributed by atoms with Crippen LogP contribution < -0.4 is 0 Å². The average molecular weight is 198 g/mol. The fourth-order valence-electron chi connectivity index (χ4n) is 1.05. The van der Waals surface area contributed by atoms with Gasteiger partial charge in [-0.25, -0.2) is 9.78 Å². The fraction of sp³-hybridized carbons (Fsp3) is 0. The number of aromatic carboxylic acids is 1. The molecule has 76 valence electrons. The lowest BCUT2D eigenvalue weighted by Gasteiger charge is -1.81. The molecule has 0 aliphatic heterocycles. The number of H-pyrrole nitrogens is 1. The van der Waals surface area contributed by atoms with E-state index in [0.717, 1.165) is 5.52 Å². The highest BCUT2D eigenvalue weighted by atomic mass is 16.4. The van der Waals surface area contributed by atoms with Crippen LogP contribution >= 0.6 is 0 Å². The number of nitrogens with one attached hydrogen (secondary N) is 1. The summed E-state index contributed by atoms with van der Waals surface area (Å²) in [5.41, 5.74) is 1.42. The molecule has 0 saturated carbocycles. The molecule has 14 heavy (non-hydrogen) atoms. The predicted molar refractivity (Wildman–Crippen MR) is 50.3 cm³/mol. The van der Waals surface area contributed by atoms with E-state index in [1.807, 2.05) is 12.1 Å². The summed E-state index contributed by atoms with van der Waals surface area (Å²) in [4.78, 5) is 17.0. The van der Waals surface area contributed by atoms with Crippen LogP contribution in [0.1, 0.15) is 10.6 Å². The Bertz CT molecular complexity index is 405. The van der Waals surface area contributed by atoms with Crippen LogP contribution in [-0.4, -0.2) is 32.0 Å². The number of aromatic nitrogens is 2. The van der Waals surface area contributed by atoms with E-state index in [-0.39, 0.29) is 16.8 Å². The molecule has 2 aromatic rings.